The number of hydrogen-bond acceptors (Lipinski definition) is 5. The first-order chi connectivity index (χ1) is 22.6. The van der Waals surface area contributed by atoms with Gasteiger partial charge in [0.15, 0.2) is 9.84 Å². The van der Waals surface area contributed by atoms with Gasteiger partial charge in [-0.05, 0) is 112 Å². The van der Waals surface area contributed by atoms with E-state index in [1.807, 2.05) is 0 Å². The number of rotatable bonds is 7. The lowest BCUT2D eigenvalue weighted by atomic mass is 9.71. The van der Waals surface area contributed by atoms with E-state index < -0.39 is 73.5 Å². The highest BCUT2D eigenvalue weighted by atomic mass is 32.2. The van der Waals surface area contributed by atoms with Gasteiger partial charge in [-0.3, -0.25) is 9.59 Å². The summed E-state index contributed by atoms with van der Waals surface area (Å²) in [6.07, 6.45) is -2.84. The molecule has 48 heavy (non-hydrogen) atoms. The Morgan fingerprint density at radius 1 is 0.979 bits per heavy atom. The molecule has 1 aliphatic heterocycles. The van der Waals surface area contributed by atoms with Crippen molar-refractivity contribution >= 4 is 21.7 Å². The molecule has 3 aromatic carbocycles. The van der Waals surface area contributed by atoms with Crippen molar-refractivity contribution in [1.82, 2.24) is 4.90 Å². The highest BCUT2D eigenvalue weighted by Gasteiger charge is 2.61. The minimum Gasteiger partial charge on any atom is -0.489 e. The summed E-state index contributed by atoms with van der Waals surface area (Å²) in [7, 11) is -4.27. The third-order valence-electron chi connectivity index (χ3n) is 10.5. The number of fused-ring (bicyclic) bond motifs is 3. The van der Waals surface area contributed by atoms with Crippen molar-refractivity contribution < 1.29 is 49.8 Å². The molecule has 0 radical (unpaired) electrons. The quantitative estimate of drug-likeness (QED) is 0.210. The topological polar surface area (TPSA) is 101 Å². The lowest BCUT2D eigenvalue weighted by Crippen LogP contribution is -2.53. The van der Waals surface area contributed by atoms with Crippen LogP contribution in [0, 0.1) is 23.0 Å². The maximum atomic E-state index is 14.6. The number of hydrogen-bond donors (Lipinski definition) is 1. The van der Waals surface area contributed by atoms with E-state index in [9.17, 15) is 45.1 Å². The molecule has 0 unspecified atom stereocenters. The van der Waals surface area contributed by atoms with Crippen LogP contribution >= 0.6 is 0 Å². The number of carbonyl (C=O) groups is 2. The molecule has 1 saturated carbocycles. The van der Waals surface area contributed by atoms with Gasteiger partial charge in [-0.2, -0.15) is 13.2 Å². The minimum atomic E-state index is -4.80. The van der Waals surface area contributed by atoms with Gasteiger partial charge >= 0.3 is 12.1 Å². The van der Waals surface area contributed by atoms with Crippen molar-refractivity contribution in [1.29, 1.82) is 0 Å². The molecule has 1 heterocycles. The molecule has 3 aliphatic rings. The zero-order valence-electron chi connectivity index (χ0n) is 26.0. The number of ether oxygens (including phenoxy) is 1. The van der Waals surface area contributed by atoms with Gasteiger partial charge in [-0.15, -0.1) is 0 Å². The summed E-state index contributed by atoms with van der Waals surface area (Å²) in [5.41, 5.74) is -1.77. The number of carbonyl (C=O) groups excluding carboxylic acids is 1. The molecule has 1 N–H and O–H groups in total. The number of carboxylic acids is 1. The average Bonchev–Trinajstić information content (AvgIpc) is 3.45. The Hall–Kier alpha value is -4.00. The van der Waals surface area contributed by atoms with Gasteiger partial charge in [0.05, 0.1) is 21.9 Å². The largest absolute Gasteiger partial charge is 0.489 e. The molecule has 7 nitrogen and oxygen atoms in total. The van der Waals surface area contributed by atoms with Gasteiger partial charge in [-0.25, -0.2) is 17.2 Å². The predicted octanol–water partition coefficient (Wildman–Crippen LogP) is 7.06. The molecule has 256 valence electrons. The van der Waals surface area contributed by atoms with Crippen LogP contribution in [-0.4, -0.2) is 42.9 Å². The Morgan fingerprint density at radius 3 is 2.31 bits per heavy atom. The number of aryl methyl sites for hydroxylation is 1. The smallest absolute Gasteiger partial charge is 0.416 e. The number of aliphatic carboxylic acids is 1. The molecular weight excluding hydrogens is 657 g/mol. The maximum absolute atomic E-state index is 14.6. The summed E-state index contributed by atoms with van der Waals surface area (Å²) in [4.78, 5) is 27.3. The van der Waals surface area contributed by atoms with Crippen LogP contribution < -0.4 is 4.74 Å². The molecule has 0 bridgehead atoms. The number of benzene rings is 3. The van der Waals surface area contributed by atoms with E-state index in [0.717, 1.165) is 30.3 Å². The lowest BCUT2D eigenvalue weighted by molar-refractivity contribution is -0.152. The van der Waals surface area contributed by atoms with Crippen molar-refractivity contribution in [3.05, 3.63) is 94.6 Å². The molecular formula is C35H34F5NO6S. The molecule has 13 heteroatoms. The molecule has 1 saturated heterocycles. The van der Waals surface area contributed by atoms with Crippen molar-refractivity contribution in [3.8, 4) is 5.75 Å². The summed E-state index contributed by atoms with van der Waals surface area (Å²) in [5, 5.41) is 9.64. The first-order valence-electron chi connectivity index (χ1n) is 15.7. The molecule has 0 spiro atoms. The summed E-state index contributed by atoms with van der Waals surface area (Å²) in [6.45, 7) is 1.07. The van der Waals surface area contributed by atoms with Crippen LogP contribution in [0.4, 0.5) is 22.0 Å². The van der Waals surface area contributed by atoms with Crippen molar-refractivity contribution in [2.75, 3.05) is 6.54 Å². The molecule has 2 fully saturated rings. The third-order valence-corrected chi connectivity index (χ3v) is 13.1. The Labute approximate surface area is 274 Å². The standard InChI is InChI=1S/C35H34F5NO6S/c1-33(32(43)44)15-13-21(14-16-33)31(42)41-18-17-34(48(45,46)25-9-6-23(36)7-10-25)27-11-8-24(19-22(27)5-12-30(34)41)47-20-26-28(35(38,39)40)3-2-4-29(26)37/h2-4,6-11,19,21,30H,5,12-18,20H2,1H3,(H,43,44)/t21?,30-,33?,34-/m1/s1. The van der Waals surface area contributed by atoms with Crippen LogP contribution in [0.2, 0.25) is 0 Å². The summed E-state index contributed by atoms with van der Waals surface area (Å²) >= 11 is 0. The second-order valence-corrected chi connectivity index (χ2v) is 15.4. The summed E-state index contributed by atoms with van der Waals surface area (Å²) in [5.74, 6) is -3.17. The highest BCUT2D eigenvalue weighted by Crippen LogP contribution is 2.54. The molecule has 6 rings (SSSR count). The summed E-state index contributed by atoms with van der Waals surface area (Å²) < 4.78 is 102. The van der Waals surface area contributed by atoms with Crippen molar-refractivity contribution in [2.45, 2.75) is 80.3 Å². The third kappa shape index (κ3) is 5.63. The number of amides is 1. The molecule has 2 atom stereocenters. The lowest BCUT2D eigenvalue weighted by Gasteiger charge is -2.43. The number of halogens is 5. The van der Waals surface area contributed by atoms with E-state index in [-0.39, 0.29) is 35.9 Å². The number of carboxylic acid groups (broad SMARTS) is 1. The number of alkyl halides is 3. The molecule has 3 aromatic rings. The zero-order chi connectivity index (χ0) is 34.6. The average molecular weight is 692 g/mol. The summed E-state index contributed by atoms with van der Waals surface area (Å²) in [6, 6.07) is 10.9. The fraction of sp³-hybridized carbons (Fsp3) is 0.429. The second kappa shape index (κ2) is 12.2. The molecule has 1 amide bonds. The Balaban J connectivity index is 1.35. The van der Waals surface area contributed by atoms with E-state index in [2.05, 4.69) is 0 Å². The van der Waals surface area contributed by atoms with E-state index in [0.29, 0.717) is 43.2 Å². The number of sulfone groups is 1. The van der Waals surface area contributed by atoms with Gasteiger partial charge in [0.2, 0.25) is 5.91 Å². The van der Waals surface area contributed by atoms with Gasteiger partial charge in [-0.1, -0.05) is 12.1 Å². The van der Waals surface area contributed by atoms with Gasteiger partial charge < -0.3 is 14.7 Å². The zero-order valence-corrected chi connectivity index (χ0v) is 26.8. The number of likely N-dealkylation sites (tertiary alicyclic amines) is 1. The van der Waals surface area contributed by atoms with Crippen molar-refractivity contribution in [3.63, 3.8) is 0 Å². The highest BCUT2D eigenvalue weighted by molar-refractivity contribution is 7.92. The first-order valence-corrected chi connectivity index (χ1v) is 17.2. The van der Waals surface area contributed by atoms with Crippen molar-refractivity contribution in [2.24, 2.45) is 11.3 Å². The first kappa shape index (κ1) is 33.9. The van der Waals surface area contributed by atoms with Crippen LogP contribution in [0.3, 0.4) is 0 Å². The fourth-order valence-electron chi connectivity index (χ4n) is 7.76. The normalized spacial score (nSPS) is 25.7. The van der Waals surface area contributed by atoms with Crippen LogP contribution in [0.25, 0.3) is 0 Å². The second-order valence-electron chi connectivity index (χ2n) is 13.2. The van der Waals surface area contributed by atoms with E-state index in [4.69, 9.17) is 4.74 Å². The molecule has 2 aliphatic carbocycles. The molecule has 0 aromatic heterocycles. The van der Waals surface area contributed by atoms with Gasteiger partial charge in [0, 0.05) is 18.0 Å². The monoisotopic (exact) mass is 691 g/mol. The minimum absolute atomic E-state index is 0.0417. The Bertz CT molecular complexity index is 1850. The van der Waals surface area contributed by atoms with E-state index in [1.165, 1.54) is 24.3 Å². The van der Waals surface area contributed by atoms with Crippen LogP contribution in [0.1, 0.15) is 67.7 Å². The SMILES string of the molecule is CC1(C(=O)O)CCC(C(=O)N2CC[C@@]3(S(=O)(=O)c4ccc(F)cc4)c4ccc(OCc5c(F)cccc5C(F)(F)F)cc4CC[C@@H]23)CC1. The number of nitrogens with zero attached hydrogens (tertiary/aromatic N) is 1. The predicted molar refractivity (Wildman–Crippen MR) is 164 cm³/mol. The fourth-order valence-corrected chi connectivity index (χ4v) is 10.1. The van der Waals surface area contributed by atoms with Crippen LogP contribution in [-0.2, 0) is 43.4 Å². The van der Waals surface area contributed by atoms with Gasteiger partial charge in [0.1, 0.15) is 28.7 Å². The maximum Gasteiger partial charge on any atom is 0.416 e. The van der Waals surface area contributed by atoms with Crippen LogP contribution in [0.5, 0.6) is 5.75 Å². The van der Waals surface area contributed by atoms with Gasteiger partial charge in [0.25, 0.3) is 0 Å². The Morgan fingerprint density at radius 2 is 1.67 bits per heavy atom. The van der Waals surface area contributed by atoms with E-state index >= 15 is 0 Å². The van der Waals surface area contributed by atoms with E-state index in [1.54, 1.807) is 17.9 Å². The van der Waals surface area contributed by atoms with Crippen LogP contribution in [0.15, 0.2) is 65.6 Å². The Kier molecular flexibility index (Phi) is 8.58.